The molecular weight excluding hydrogens is 340 g/mol. The number of rotatable bonds is 4. The predicted molar refractivity (Wildman–Crippen MR) is 104 cm³/mol. The monoisotopic (exact) mass is 362 g/mol. The summed E-state index contributed by atoms with van der Waals surface area (Å²) in [5.41, 5.74) is 4.99. The largest absolute Gasteiger partial charge is 0.454 e. The van der Waals surface area contributed by atoms with Gasteiger partial charge in [0.25, 0.3) is 5.91 Å². The first kappa shape index (κ1) is 17.2. The summed E-state index contributed by atoms with van der Waals surface area (Å²) in [6, 6.07) is 17.4. The van der Waals surface area contributed by atoms with E-state index in [1.165, 1.54) is 11.4 Å². The standard InChI is InChI=1S/C22H22N2O3/c1-14-4-5-15(2)24(14)19-9-6-17(7-10-19)22(25)23-16(3)18-8-11-20-21(12-18)27-13-26-20/h4-12,16H,13H2,1-3H3,(H,23,25). The van der Waals surface area contributed by atoms with E-state index in [0.717, 1.165) is 22.7 Å². The van der Waals surface area contributed by atoms with Gasteiger partial charge in [0.05, 0.1) is 6.04 Å². The molecule has 27 heavy (non-hydrogen) atoms. The normalized spacial score (nSPS) is 13.4. The molecule has 5 heteroatoms. The third-order valence-electron chi connectivity index (χ3n) is 4.90. The Bertz CT molecular complexity index is 970. The van der Waals surface area contributed by atoms with Gasteiger partial charge in [0.2, 0.25) is 6.79 Å². The number of ether oxygens (including phenoxy) is 2. The molecule has 1 amide bonds. The van der Waals surface area contributed by atoms with Crippen molar-refractivity contribution < 1.29 is 14.3 Å². The third-order valence-corrected chi connectivity index (χ3v) is 4.90. The lowest BCUT2D eigenvalue weighted by molar-refractivity contribution is 0.0940. The Morgan fingerprint density at radius 2 is 1.63 bits per heavy atom. The number of hydrogen-bond acceptors (Lipinski definition) is 3. The van der Waals surface area contributed by atoms with Gasteiger partial charge < -0.3 is 19.4 Å². The number of aryl methyl sites for hydroxylation is 2. The number of aromatic nitrogens is 1. The van der Waals surface area contributed by atoms with Crippen LogP contribution in [-0.2, 0) is 0 Å². The van der Waals surface area contributed by atoms with Gasteiger partial charge in [-0.1, -0.05) is 6.07 Å². The molecule has 1 unspecified atom stereocenters. The smallest absolute Gasteiger partial charge is 0.251 e. The highest BCUT2D eigenvalue weighted by Gasteiger charge is 2.17. The third kappa shape index (κ3) is 3.28. The SMILES string of the molecule is Cc1ccc(C)n1-c1ccc(C(=O)NC(C)c2ccc3c(c2)OCO3)cc1. The van der Waals surface area contributed by atoms with Gasteiger partial charge in [0, 0.05) is 22.6 Å². The number of carbonyl (C=O) groups excluding carboxylic acids is 1. The number of nitrogens with zero attached hydrogens (tertiary/aromatic N) is 1. The van der Waals surface area contributed by atoms with Crippen LogP contribution in [0, 0.1) is 13.8 Å². The summed E-state index contributed by atoms with van der Waals surface area (Å²) >= 11 is 0. The lowest BCUT2D eigenvalue weighted by Crippen LogP contribution is -2.26. The van der Waals surface area contributed by atoms with Crippen molar-refractivity contribution in [1.82, 2.24) is 9.88 Å². The second-order valence-electron chi connectivity index (χ2n) is 6.81. The lowest BCUT2D eigenvalue weighted by atomic mass is 10.1. The summed E-state index contributed by atoms with van der Waals surface area (Å²) in [7, 11) is 0. The zero-order valence-electron chi connectivity index (χ0n) is 15.7. The Hall–Kier alpha value is -3.21. The van der Waals surface area contributed by atoms with Crippen molar-refractivity contribution in [3.8, 4) is 17.2 Å². The van der Waals surface area contributed by atoms with Gasteiger partial charge in [-0.2, -0.15) is 0 Å². The van der Waals surface area contributed by atoms with Gasteiger partial charge in [0.15, 0.2) is 11.5 Å². The van der Waals surface area contributed by atoms with Crippen molar-refractivity contribution in [3.05, 3.63) is 77.1 Å². The molecule has 138 valence electrons. The Balaban J connectivity index is 1.48. The molecule has 0 saturated carbocycles. The van der Waals surface area contributed by atoms with Gasteiger partial charge >= 0.3 is 0 Å². The van der Waals surface area contributed by atoms with Gasteiger partial charge in [-0.25, -0.2) is 0 Å². The number of fused-ring (bicyclic) bond motifs is 1. The van der Waals surface area contributed by atoms with Crippen molar-refractivity contribution in [2.24, 2.45) is 0 Å². The highest BCUT2D eigenvalue weighted by Crippen LogP contribution is 2.34. The second kappa shape index (κ2) is 6.83. The van der Waals surface area contributed by atoms with Crippen LogP contribution < -0.4 is 14.8 Å². The van der Waals surface area contributed by atoms with E-state index in [1.54, 1.807) is 0 Å². The van der Waals surface area contributed by atoms with E-state index in [-0.39, 0.29) is 18.7 Å². The summed E-state index contributed by atoms with van der Waals surface area (Å²) in [6.45, 7) is 6.34. The molecule has 1 atom stereocenters. The van der Waals surface area contributed by atoms with Crippen molar-refractivity contribution >= 4 is 5.91 Å². The van der Waals surface area contributed by atoms with Crippen LogP contribution in [0.3, 0.4) is 0 Å². The van der Waals surface area contributed by atoms with E-state index in [1.807, 2.05) is 49.4 Å². The first-order valence-corrected chi connectivity index (χ1v) is 8.99. The summed E-state index contributed by atoms with van der Waals surface area (Å²) in [5.74, 6) is 1.35. The minimum absolute atomic E-state index is 0.104. The zero-order valence-corrected chi connectivity index (χ0v) is 15.7. The number of amides is 1. The first-order chi connectivity index (χ1) is 13.0. The number of carbonyl (C=O) groups is 1. The fourth-order valence-corrected chi connectivity index (χ4v) is 3.38. The molecule has 2 aromatic carbocycles. The van der Waals surface area contributed by atoms with Crippen molar-refractivity contribution in [2.75, 3.05) is 6.79 Å². The van der Waals surface area contributed by atoms with Crippen LogP contribution in [0.25, 0.3) is 5.69 Å². The van der Waals surface area contributed by atoms with Crippen LogP contribution in [0.5, 0.6) is 11.5 Å². The van der Waals surface area contributed by atoms with Crippen molar-refractivity contribution in [1.29, 1.82) is 0 Å². The number of benzene rings is 2. The van der Waals surface area contributed by atoms with Crippen LogP contribution in [0.2, 0.25) is 0 Å². The van der Waals surface area contributed by atoms with E-state index in [9.17, 15) is 4.79 Å². The summed E-state index contributed by atoms with van der Waals surface area (Å²) in [4.78, 5) is 12.6. The summed E-state index contributed by atoms with van der Waals surface area (Å²) in [6.07, 6.45) is 0. The quantitative estimate of drug-likeness (QED) is 0.752. The maximum absolute atomic E-state index is 12.6. The van der Waals surface area contributed by atoms with E-state index < -0.39 is 0 Å². The Morgan fingerprint density at radius 3 is 2.33 bits per heavy atom. The van der Waals surface area contributed by atoms with Crippen molar-refractivity contribution in [2.45, 2.75) is 26.8 Å². The highest BCUT2D eigenvalue weighted by molar-refractivity contribution is 5.94. The first-order valence-electron chi connectivity index (χ1n) is 8.99. The van der Waals surface area contributed by atoms with Crippen LogP contribution in [0.4, 0.5) is 0 Å². The Morgan fingerprint density at radius 1 is 0.963 bits per heavy atom. The molecular formula is C22H22N2O3. The molecule has 2 heterocycles. The molecule has 0 bridgehead atoms. The molecule has 1 aliphatic heterocycles. The van der Waals surface area contributed by atoms with Gasteiger partial charge in [-0.05, 0) is 74.9 Å². The molecule has 1 aliphatic rings. The summed E-state index contributed by atoms with van der Waals surface area (Å²) in [5, 5.41) is 3.04. The van der Waals surface area contributed by atoms with Crippen LogP contribution in [0.1, 0.15) is 40.3 Å². The van der Waals surface area contributed by atoms with E-state index in [4.69, 9.17) is 9.47 Å². The van der Waals surface area contributed by atoms with Crippen LogP contribution in [-0.4, -0.2) is 17.3 Å². The zero-order chi connectivity index (χ0) is 19.0. The second-order valence-corrected chi connectivity index (χ2v) is 6.81. The molecule has 4 rings (SSSR count). The van der Waals surface area contributed by atoms with Gasteiger partial charge in [0.1, 0.15) is 0 Å². The predicted octanol–water partition coefficient (Wildman–Crippen LogP) is 4.31. The summed E-state index contributed by atoms with van der Waals surface area (Å²) < 4.78 is 12.9. The lowest BCUT2D eigenvalue weighted by Gasteiger charge is -2.15. The maximum Gasteiger partial charge on any atom is 0.251 e. The fraction of sp³-hybridized carbons (Fsp3) is 0.227. The van der Waals surface area contributed by atoms with Crippen LogP contribution >= 0.6 is 0 Å². The molecule has 5 nitrogen and oxygen atoms in total. The fourth-order valence-electron chi connectivity index (χ4n) is 3.38. The van der Waals surface area contributed by atoms with Gasteiger partial charge in [-0.3, -0.25) is 4.79 Å². The average Bonchev–Trinajstić information content (AvgIpc) is 3.27. The van der Waals surface area contributed by atoms with E-state index in [0.29, 0.717) is 5.56 Å². The topological polar surface area (TPSA) is 52.5 Å². The minimum atomic E-state index is -0.138. The molecule has 0 saturated heterocycles. The molecule has 3 aromatic rings. The van der Waals surface area contributed by atoms with E-state index >= 15 is 0 Å². The molecule has 1 aromatic heterocycles. The van der Waals surface area contributed by atoms with E-state index in [2.05, 4.69) is 35.9 Å². The Kier molecular flexibility index (Phi) is 4.36. The molecule has 0 fully saturated rings. The highest BCUT2D eigenvalue weighted by atomic mass is 16.7. The molecule has 0 radical (unpaired) electrons. The van der Waals surface area contributed by atoms with Gasteiger partial charge in [-0.15, -0.1) is 0 Å². The molecule has 0 aliphatic carbocycles. The maximum atomic E-state index is 12.6. The number of hydrogen-bond donors (Lipinski definition) is 1. The van der Waals surface area contributed by atoms with Crippen LogP contribution in [0.15, 0.2) is 54.6 Å². The molecule has 1 N–H and O–H groups in total. The number of nitrogens with one attached hydrogen (secondary N) is 1. The molecule has 0 spiro atoms. The Labute approximate surface area is 158 Å². The average molecular weight is 362 g/mol. The minimum Gasteiger partial charge on any atom is -0.454 e. The van der Waals surface area contributed by atoms with Crippen molar-refractivity contribution in [3.63, 3.8) is 0 Å².